The van der Waals surface area contributed by atoms with E-state index in [1.165, 1.54) is 11.8 Å². The Morgan fingerprint density at radius 2 is 2.25 bits per heavy atom. The first-order chi connectivity index (χ1) is 5.57. The zero-order valence-electron chi connectivity index (χ0n) is 7.16. The molecule has 0 saturated heterocycles. The van der Waals surface area contributed by atoms with Gasteiger partial charge in [-0.3, -0.25) is 4.68 Å². The van der Waals surface area contributed by atoms with E-state index in [1.807, 2.05) is 0 Å². The lowest BCUT2D eigenvalue weighted by molar-refractivity contribution is 0.0681. The van der Waals surface area contributed by atoms with Crippen LogP contribution in [0.15, 0.2) is 0 Å². The van der Waals surface area contributed by atoms with Crippen molar-refractivity contribution in [3.63, 3.8) is 0 Å². The monoisotopic (exact) mass is 170 g/mol. The lowest BCUT2D eigenvalue weighted by atomic mass is 10.3. The maximum Gasteiger partial charge on any atom is 0.358 e. The van der Waals surface area contributed by atoms with E-state index in [0.717, 1.165) is 0 Å². The van der Waals surface area contributed by atoms with Crippen LogP contribution >= 0.6 is 0 Å². The molecule has 0 aliphatic carbocycles. The predicted octanol–water partition coefficient (Wildman–Crippen LogP) is 0.435. The maximum absolute atomic E-state index is 10.7. The molecular formula is C7H10N2O3. The van der Waals surface area contributed by atoms with Gasteiger partial charge in [-0.15, -0.1) is 0 Å². The Bertz CT molecular complexity index is 317. The first-order valence-electron chi connectivity index (χ1n) is 3.38. The van der Waals surface area contributed by atoms with Gasteiger partial charge in [0, 0.05) is 7.05 Å². The second-order valence-electron chi connectivity index (χ2n) is 2.40. The SMILES string of the molecule is COc1c(C)nn(C)c1C(=O)O. The summed E-state index contributed by atoms with van der Waals surface area (Å²) in [6.07, 6.45) is 0. The molecule has 0 aliphatic heterocycles. The van der Waals surface area contributed by atoms with Gasteiger partial charge in [-0.05, 0) is 6.92 Å². The van der Waals surface area contributed by atoms with Gasteiger partial charge in [0.05, 0.1) is 7.11 Å². The molecule has 0 bridgehead atoms. The minimum Gasteiger partial charge on any atom is -0.492 e. The Balaban J connectivity index is 3.32. The highest BCUT2D eigenvalue weighted by molar-refractivity contribution is 5.89. The van der Waals surface area contributed by atoms with Crippen molar-refractivity contribution in [3.05, 3.63) is 11.4 Å². The number of carbonyl (C=O) groups is 1. The van der Waals surface area contributed by atoms with Crippen LogP contribution in [-0.2, 0) is 7.05 Å². The summed E-state index contributed by atoms with van der Waals surface area (Å²) in [6.45, 7) is 1.70. The summed E-state index contributed by atoms with van der Waals surface area (Å²) in [7, 11) is 3.00. The van der Waals surface area contributed by atoms with Crippen molar-refractivity contribution in [1.29, 1.82) is 0 Å². The summed E-state index contributed by atoms with van der Waals surface area (Å²) >= 11 is 0. The van der Waals surface area contributed by atoms with E-state index in [0.29, 0.717) is 11.4 Å². The Labute approximate surface area is 69.6 Å². The molecular weight excluding hydrogens is 160 g/mol. The molecule has 0 amide bonds. The lowest BCUT2D eigenvalue weighted by Gasteiger charge is -1.98. The van der Waals surface area contributed by atoms with Crippen molar-refractivity contribution in [1.82, 2.24) is 9.78 Å². The zero-order valence-corrected chi connectivity index (χ0v) is 7.16. The number of methoxy groups -OCH3 is 1. The van der Waals surface area contributed by atoms with Gasteiger partial charge >= 0.3 is 5.97 Å². The number of aryl methyl sites for hydroxylation is 2. The molecule has 1 aromatic heterocycles. The van der Waals surface area contributed by atoms with E-state index >= 15 is 0 Å². The number of carboxylic acid groups (broad SMARTS) is 1. The molecule has 0 unspecified atom stereocenters. The third kappa shape index (κ3) is 1.13. The summed E-state index contributed by atoms with van der Waals surface area (Å²) in [6, 6.07) is 0. The molecule has 12 heavy (non-hydrogen) atoms. The van der Waals surface area contributed by atoms with Gasteiger partial charge in [-0.2, -0.15) is 5.10 Å². The molecule has 5 heteroatoms. The highest BCUT2D eigenvalue weighted by Crippen LogP contribution is 2.21. The Morgan fingerprint density at radius 1 is 1.67 bits per heavy atom. The van der Waals surface area contributed by atoms with Crippen LogP contribution in [0.4, 0.5) is 0 Å². The molecule has 0 aromatic carbocycles. The average molecular weight is 170 g/mol. The van der Waals surface area contributed by atoms with Gasteiger partial charge in [0.15, 0.2) is 11.4 Å². The maximum atomic E-state index is 10.7. The van der Waals surface area contributed by atoms with E-state index < -0.39 is 5.97 Å². The molecule has 5 nitrogen and oxygen atoms in total. The molecule has 1 N–H and O–H groups in total. The Hall–Kier alpha value is -1.52. The van der Waals surface area contributed by atoms with Crippen LogP contribution in [0.25, 0.3) is 0 Å². The van der Waals surface area contributed by atoms with Gasteiger partial charge in [0.25, 0.3) is 0 Å². The number of aromatic nitrogens is 2. The second-order valence-corrected chi connectivity index (χ2v) is 2.40. The van der Waals surface area contributed by atoms with E-state index in [4.69, 9.17) is 9.84 Å². The molecule has 1 rings (SSSR count). The first kappa shape index (κ1) is 8.58. The van der Waals surface area contributed by atoms with Gasteiger partial charge in [0.1, 0.15) is 5.69 Å². The van der Waals surface area contributed by atoms with Crippen molar-refractivity contribution in [2.45, 2.75) is 6.92 Å². The van der Waals surface area contributed by atoms with Crippen LogP contribution in [0.2, 0.25) is 0 Å². The fourth-order valence-electron chi connectivity index (χ4n) is 1.12. The molecule has 0 atom stereocenters. The lowest BCUT2D eigenvalue weighted by Crippen LogP contribution is -2.06. The smallest absolute Gasteiger partial charge is 0.358 e. The molecule has 0 saturated carbocycles. The summed E-state index contributed by atoms with van der Waals surface area (Å²) in [5, 5.41) is 12.7. The van der Waals surface area contributed by atoms with Crippen molar-refractivity contribution >= 4 is 5.97 Å². The number of hydrogen-bond donors (Lipinski definition) is 1. The summed E-state index contributed by atoms with van der Waals surface area (Å²) in [5.41, 5.74) is 0.660. The number of nitrogens with zero attached hydrogens (tertiary/aromatic N) is 2. The van der Waals surface area contributed by atoms with Gasteiger partial charge in [-0.1, -0.05) is 0 Å². The number of rotatable bonds is 2. The molecule has 66 valence electrons. The standard InChI is InChI=1S/C7H10N2O3/c1-4-6(12-3)5(7(10)11)9(2)8-4/h1-3H3,(H,10,11). The van der Waals surface area contributed by atoms with Gasteiger partial charge in [-0.25, -0.2) is 4.79 Å². The molecule has 1 heterocycles. The minimum atomic E-state index is -1.03. The number of carboxylic acids is 1. The van der Waals surface area contributed by atoms with Crippen LogP contribution in [0, 0.1) is 6.92 Å². The average Bonchev–Trinajstić information content (AvgIpc) is 2.24. The van der Waals surface area contributed by atoms with Gasteiger partial charge in [0.2, 0.25) is 0 Å². The number of aromatic carboxylic acids is 1. The first-order valence-corrected chi connectivity index (χ1v) is 3.38. The molecule has 0 radical (unpaired) electrons. The summed E-state index contributed by atoms with van der Waals surface area (Å²) in [5.74, 6) is -0.708. The molecule has 1 aromatic rings. The molecule has 0 aliphatic rings. The van der Waals surface area contributed by atoms with Crippen molar-refractivity contribution in [2.24, 2.45) is 7.05 Å². The third-order valence-electron chi connectivity index (χ3n) is 1.57. The Kier molecular flexibility index (Phi) is 2.03. The van der Waals surface area contributed by atoms with Crippen LogP contribution in [0.1, 0.15) is 16.2 Å². The van der Waals surface area contributed by atoms with Crippen LogP contribution in [-0.4, -0.2) is 28.0 Å². The fourth-order valence-corrected chi connectivity index (χ4v) is 1.12. The number of hydrogen-bond acceptors (Lipinski definition) is 3. The molecule has 0 fully saturated rings. The highest BCUT2D eigenvalue weighted by Gasteiger charge is 2.19. The fraction of sp³-hybridized carbons (Fsp3) is 0.429. The molecule has 0 spiro atoms. The quantitative estimate of drug-likeness (QED) is 0.699. The summed E-state index contributed by atoms with van der Waals surface area (Å²) in [4.78, 5) is 10.7. The van der Waals surface area contributed by atoms with Crippen LogP contribution in [0.3, 0.4) is 0 Å². The van der Waals surface area contributed by atoms with E-state index in [-0.39, 0.29) is 5.69 Å². The third-order valence-corrected chi connectivity index (χ3v) is 1.57. The predicted molar refractivity (Wildman–Crippen MR) is 41.5 cm³/mol. The van der Waals surface area contributed by atoms with Crippen LogP contribution < -0.4 is 4.74 Å². The van der Waals surface area contributed by atoms with E-state index in [2.05, 4.69) is 5.10 Å². The van der Waals surface area contributed by atoms with Crippen molar-refractivity contribution < 1.29 is 14.6 Å². The highest BCUT2D eigenvalue weighted by atomic mass is 16.5. The van der Waals surface area contributed by atoms with Gasteiger partial charge < -0.3 is 9.84 Å². The van der Waals surface area contributed by atoms with Crippen molar-refractivity contribution in [3.8, 4) is 5.75 Å². The minimum absolute atomic E-state index is 0.0787. The largest absolute Gasteiger partial charge is 0.492 e. The van der Waals surface area contributed by atoms with Crippen LogP contribution in [0.5, 0.6) is 5.75 Å². The number of ether oxygens (including phenoxy) is 1. The van der Waals surface area contributed by atoms with E-state index in [1.54, 1.807) is 14.0 Å². The normalized spacial score (nSPS) is 9.92. The summed E-state index contributed by atoms with van der Waals surface area (Å²) < 4.78 is 6.18. The Morgan fingerprint density at radius 3 is 2.58 bits per heavy atom. The van der Waals surface area contributed by atoms with E-state index in [9.17, 15) is 4.79 Å². The topological polar surface area (TPSA) is 64.4 Å². The second kappa shape index (κ2) is 2.84. The zero-order chi connectivity index (χ0) is 9.30. The van der Waals surface area contributed by atoms with Crippen molar-refractivity contribution in [2.75, 3.05) is 7.11 Å².